The first-order valence-electron chi connectivity index (χ1n) is 22.5. The first kappa shape index (κ1) is 40.4. The summed E-state index contributed by atoms with van der Waals surface area (Å²) in [7, 11) is 0. The van der Waals surface area contributed by atoms with Gasteiger partial charge in [-0.25, -0.2) is 0 Å². The highest BCUT2D eigenvalue weighted by Crippen LogP contribution is 2.46. The molecule has 0 bridgehead atoms. The van der Waals surface area contributed by atoms with Crippen LogP contribution in [0.2, 0.25) is 0 Å². The summed E-state index contributed by atoms with van der Waals surface area (Å²) in [5, 5.41) is 12.3. The number of nitrogens with zero attached hydrogens (tertiary/aromatic N) is 2. The molecule has 0 radical (unpaired) electrons. The van der Waals surface area contributed by atoms with Crippen molar-refractivity contribution in [3.8, 4) is 11.4 Å². The summed E-state index contributed by atoms with van der Waals surface area (Å²) in [5.74, 6) is 0. The molecule has 0 atom stereocenters. The summed E-state index contributed by atoms with van der Waals surface area (Å²) in [5.41, 5.74) is 8.46. The molecular formula is C60H38F6N2. The Labute approximate surface area is 384 Å². The molecule has 0 aliphatic carbocycles. The van der Waals surface area contributed by atoms with Crippen molar-refractivity contribution in [1.29, 1.82) is 0 Å². The Morgan fingerprint density at radius 3 is 0.809 bits per heavy atom. The zero-order valence-electron chi connectivity index (χ0n) is 37.2. The van der Waals surface area contributed by atoms with Gasteiger partial charge in [-0.05, 0) is 202 Å². The van der Waals surface area contributed by atoms with Gasteiger partial charge in [-0.2, -0.15) is 26.3 Å². The Kier molecular flexibility index (Phi) is 8.24. The molecule has 0 aliphatic heterocycles. The van der Waals surface area contributed by atoms with Crippen molar-refractivity contribution in [2.24, 2.45) is 0 Å². The van der Waals surface area contributed by atoms with Crippen LogP contribution in [0.15, 0.2) is 158 Å². The van der Waals surface area contributed by atoms with E-state index in [1.165, 1.54) is 12.1 Å². The summed E-state index contributed by atoms with van der Waals surface area (Å²) in [6.07, 6.45) is -9.18. The van der Waals surface area contributed by atoms with Gasteiger partial charge in [0.1, 0.15) is 0 Å². The number of aryl methyl sites for hydroxylation is 4. The number of aromatic nitrogens is 2. The van der Waals surface area contributed by atoms with Crippen LogP contribution >= 0.6 is 0 Å². The fraction of sp³-hybridized carbons (Fsp3) is 0.100. The lowest BCUT2D eigenvalue weighted by Gasteiger charge is -2.18. The molecule has 0 spiro atoms. The molecule has 2 aromatic heterocycles. The fourth-order valence-corrected chi connectivity index (χ4v) is 11.2. The maximum Gasteiger partial charge on any atom is 0.416 e. The van der Waals surface area contributed by atoms with Crippen LogP contribution in [0.3, 0.4) is 0 Å². The molecule has 0 saturated heterocycles. The van der Waals surface area contributed by atoms with Crippen LogP contribution in [-0.2, 0) is 12.4 Å². The third kappa shape index (κ3) is 5.85. The zero-order valence-corrected chi connectivity index (χ0v) is 37.2. The van der Waals surface area contributed by atoms with E-state index in [4.69, 9.17) is 0 Å². The Morgan fingerprint density at radius 1 is 0.250 bits per heavy atom. The summed E-state index contributed by atoms with van der Waals surface area (Å²) >= 11 is 0. The van der Waals surface area contributed by atoms with E-state index in [0.29, 0.717) is 32.3 Å². The summed E-state index contributed by atoms with van der Waals surface area (Å²) < 4.78 is 92.2. The molecule has 330 valence electrons. The Balaban J connectivity index is 1.14. The van der Waals surface area contributed by atoms with Crippen molar-refractivity contribution in [3.63, 3.8) is 0 Å². The molecule has 11 aromatic carbocycles. The van der Waals surface area contributed by atoms with Gasteiger partial charge in [0.05, 0.1) is 33.2 Å². The number of hydrogen-bond donors (Lipinski definition) is 0. The second kappa shape index (κ2) is 13.9. The third-order valence-corrected chi connectivity index (χ3v) is 14.3. The Morgan fingerprint density at radius 2 is 0.515 bits per heavy atom. The predicted octanol–water partition coefficient (Wildman–Crippen LogP) is 18.1. The SMILES string of the molecule is Cc1ccc2c(c1)c1cc(C)ccc1n2-c1ccc2c(c1)c1cc(C(F)(F)F)ccc1c1cc3c4ccc(-n5c6ccc(C)cc6c6cc(C)ccc65)cc4c4cc(C(F)(F)F)ccc4c3cc21. The van der Waals surface area contributed by atoms with Crippen LogP contribution in [0.4, 0.5) is 26.3 Å². The molecular weight excluding hydrogens is 863 g/mol. The maximum atomic E-state index is 14.6. The lowest BCUT2D eigenvalue weighted by Crippen LogP contribution is -2.04. The van der Waals surface area contributed by atoms with Crippen molar-refractivity contribution in [2.75, 3.05) is 0 Å². The van der Waals surface area contributed by atoms with Crippen molar-refractivity contribution < 1.29 is 26.3 Å². The number of rotatable bonds is 2. The standard InChI is InChI=1S/C60H38F6N2/c1-31-5-17-55-51(21-31)52-22-32(2)6-18-56(52)67(55)37-11-15-41-45(27-37)43-25-35(59(61,62)63)9-13-39(43)47-30-50-42-16-12-38(68-57-19-7-33(3)23-53(57)54-24-34(4)8-20-58(54)68)28-46(42)44-26-36(60(64,65)66)10-14-40(44)48(50)29-49(41)47/h5-30H,1-4H3. The van der Waals surface area contributed by atoms with Crippen LogP contribution in [-0.4, -0.2) is 9.13 Å². The van der Waals surface area contributed by atoms with E-state index in [2.05, 4.69) is 110 Å². The molecule has 0 N–H and O–H groups in total. The van der Waals surface area contributed by atoms with Crippen LogP contribution in [0.25, 0.3) is 120 Å². The minimum absolute atomic E-state index is 0.454. The molecule has 8 heteroatoms. The summed E-state index contributed by atoms with van der Waals surface area (Å²) in [4.78, 5) is 0. The zero-order chi connectivity index (χ0) is 46.7. The quantitative estimate of drug-likeness (QED) is 0.0929. The van der Waals surface area contributed by atoms with Crippen molar-refractivity contribution in [1.82, 2.24) is 9.13 Å². The first-order chi connectivity index (χ1) is 32.6. The van der Waals surface area contributed by atoms with E-state index in [1.807, 2.05) is 48.5 Å². The van der Waals surface area contributed by atoms with Gasteiger partial charge in [0.15, 0.2) is 0 Å². The van der Waals surface area contributed by atoms with E-state index < -0.39 is 23.5 Å². The average molecular weight is 901 g/mol. The van der Waals surface area contributed by atoms with Crippen LogP contribution < -0.4 is 0 Å². The molecule has 0 amide bonds. The van der Waals surface area contributed by atoms with E-state index in [0.717, 1.165) is 122 Å². The lowest BCUT2D eigenvalue weighted by molar-refractivity contribution is -0.138. The second-order valence-electron chi connectivity index (χ2n) is 18.7. The van der Waals surface area contributed by atoms with Crippen molar-refractivity contribution in [3.05, 3.63) is 191 Å². The molecule has 68 heavy (non-hydrogen) atoms. The molecule has 0 aliphatic rings. The second-order valence-corrected chi connectivity index (χ2v) is 18.7. The van der Waals surface area contributed by atoms with Crippen LogP contribution in [0, 0.1) is 27.7 Å². The monoisotopic (exact) mass is 900 g/mol. The number of alkyl halides is 6. The van der Waals surface area contributed by atoms with Gasteiger partial charge in [-0.3, -0.25) is 0 Å². The van der Waals surface area contributed by atoms with Gasteiger partial charge in [0.25, 0.3) is 0 Å². The van der Waals surface area contributed by atoms with E-state index in [-0.39, 0.29) is 0 Å². The van der Waals surface area contributed by atoms with Gasteiger partial charge in [0.2, 0.25) is 0 Å². The minimum Gasteiger partial charge on any atom is -0.309 e. The Hall–Kier alpha value is -7.84. The average Bonchev–Trinajstić information content (AvgIpc) is 3.80. The summed E-state index contributed by atoms with van der Waals surface area (Å²) in [6.45, 7) is 8.22. The Bertz CT molecular complexity index is 3990. The highest BCUT2D eigenvalue weighted by Gasteiger charge is 2.32. The van der Waals surface area contributed by atoms with Gasteiger partial charge in [0, 0.05) is 32.9 Å². The number of benzene rings is 11. The highest BCUT2D eigenvalue weighted by molar-refractivity contribution is 6.33. The number of hydrogen-bond acceptors (Lipinski definition) is 0. The van der Waals surface area contributed by atoms with Gasteiger partial charge in [-0.15, -0.1) is 0 Å². The smallest absolute Gasteiger partial charge is 0.309 e. The molecule has 13 aromatic rings. The molecule has 0 unspecified atom stereocenters. The molecule has 2 nitrogen and oxygen atoms in total. The molecule has 2 heterocycles. The highest BCUT2D eigenvalue weighted by atomic mass is 19.4. The van der Waals surface area contributed by atoms with Gasteiger partial charge in [-0.1, -0.05) is 70.8 Å². The molecule has 0 fully saturated rings. The normalized spacial score (nSPS) is 12.9. The lowest BCUT2D eigenvalue weighted by atomic mass is 9.87. The van der Waals surface area contributed by atoms with Gasteiger partial charge >= 0.3 is 12.4 Å². The number of fused-ring (bicyclic) bond motifs is 18. The predicted molar refractivity (Wildman–Crippen MR) is 269 cm³/mol. The molecule has 0 saturated carbocycles. The first-order valence-corrected chi connectivity index (χ1v) is 22.5. The summed E-state index contributed by atoms with van der Waals surface area (Å²) in [6, 6.07) is 49.1. The van der Waals surface area contributed by atoms with Gasteiger partial charge < -0.3 is 9.13 Å². The number of halogens is 6. The van der Waals surface area contributed by atoms with E-state index in [9.17, 15) is 26.3 Å². The topological polar surface area (TPSA) is 9.86 Å². The minimum atomic E-state index is -4.59. The maximum absolute atomic E-state index is 14.6. The van der Waals surface area contributed by atoms with Crippen molar-refractivity contribution >= 4 is 108 Å². The van der Waals surface area contributed by atoms with Crippen LogP contribution in [0.1, 0.15) is 33.4 Å². The van der Waals surface area contributed by atoms with Crippen LogP contribution in [0.5, 0.6) is 0 Å². The van der Waals surface area contributed by atoms with Crippen molar-refractivity contribution in [2.45, 2.75) is 40.0 Å². The van der Waals surface area contributed by atoms with E-state index in [1.54, 1.807) is 12.1 Å². The third-order valence-electron chi connectivity index (χ3n) is 14.3. The molecule has 13 rings (SSSR count). The largest absolute Gasteiger partial charge is 0.416 e. The van der Waals surface area contributed by atoms with E-state index >= 15 is 0 Å². The fourth-order valence-electron chi connectivity index (χ4n) is 11.2.